The van der Waals surface area contributed by atoms with Crippen molar-refractivity contribution < 1.29 is 0 Å². The van der Waals surface area contributed by atoms with Gasteiger partial charge in [-0.25, -0.2) is 0 Å². The van der Waals surface area contributed by atoms with Crippen LogP contribution in [0.2, 0.25) is 0 Å². The zero-order valence-electron chi connectivity index (χ0n) is 6.51. The fourth-order valence-corrected chi connectivity index (χ4v) is 2.11. The van der Waals surface area contributed by atoms with Crippen LogP contribution in [0.25, 0.3) is 0 Å². The molecule has 1 aromatic heterocycles. The molecule has 4 heteroatoms. The molecule has 2 heterocycles. The second kappa shape index (κ2) is 2.54. The summed E-state index contributed by atoms with van der Waals surface area (Å²) < 4.78 is 0. The van der Waals surface area contributed by atoms with Crippen LogP contribution in [-0.4, -0.2) is 0 Å². The molecule has 0 fully saturated rings. The minimum absolute atomic E-state index is 0.742. The first-order chi connectivity index (χ1) is 5.83. The lowest BCUT2D eigenvalue weighted by atomic mass is 10.2. The summed E-state index contributed by atoms with van der Waals surface area (Å²) in [7, 11) is 0. The van der Waals surface area contributed by atoms with E-state index >= 15 is 0 Å². The van der Waals surface area contributed by atoms with Crippen LogP contribution in [0.5, 0.6) is 0 Å². The smallest absolute Gasteiger partial charge is 0.118 e. The van der Waals surface area contributed by atoms with Gasteiger partial charge in [-0.3, -0.25) is 0 Å². The van der Waals surface area contributed by atoms with E-state index in [0.29, 0.717) is 0 Å². The van der Waals surface area contributed by atoms with Crippen LogP contribution in [0, 0.1) is 18.3 Å². The molecule has 0 unspecified atom stereocenters. The lowest BCUT2D eigenvalue weighted by Crippen LogP contribution is -1.99. The van der Waals surface area contributed by atoms with Gasteiger partial charge in [-0.15, -0.1) is 11.3 Å². The maximum absolute atomic E-state index is 8.83. The summed E-state index contributed by atoms with van der Waals surface area (Å²) in [5, 5.41) is 16.0. The number of hydrogen-bond donors (Lipinski definition) is 2. The molecule has 1 aromatic rings. The number of rotatable bonds is 0. The molecule has 0 aromatic carbocycles. The molecule has 12 heavy (non-hydrogen) atoms. The Hall–Kier alpha value is -1.47. The minimum atomic E-state index is 0.742. The summed E-state index contributed by atoms with van der Waals surface area (Å²) >= 11 is 1.59. The van der Waals surface area contributed by atoms with Crippen molar-refractivity contribution in [1.29, 1.82) is 5.26 Å². The largest absolute Gasteiger partial charge is 0.357 e. The van der Waals surface area contributed by atoms with Crippen molar-refractivity contribution >= 4 is 22.0 Å². The van der Waals surface area contributed by atoms with E-state index in [0.717, 1.165) is 21.1 Å². The van der Waals surface area contributed by atoms with E-state index in [4.69, 9.17) is 5.26 Å². The number of nitriles is 1. The molecule has 0 saturated carbocycles. The topological polar surface area (TPSA) is 47.9 Å². The van der Waals surface area contributed by atoms with Crippen molar-refractivity contribution in [3.63, 3.8) is 0 Å². The zero-order valence-corrected chi connectivity index (χ0v) is 7.33. The average Bonchev–Trinajstić information content (AvgIpc) is 2.40. The monoisotopic (exact) mass is 177 g/mol. The summed E-state index contributed by atoms with van der Waals surface area (Å²) in [5.41, 5.74) is 1.65. The molecule has 1 aliphatic rings. The fraction of sp³-hybridized carbons (Fsp3) is 0.125. The van der Waals surface area contributed by atoms with E-state index in [1.54, 1.807) is 17.5 Å². The van der Waals surface area contributed by atoms with Crippen LogP contribution in [-0.2, 0) is 0 Å². The first-order valence-electron chi connectivity index (χ1n) is 3.54. The molecule has 0 aliphatic carbocycles. The normalized spacial score (nSPS) is 12.7. The molecule has 0 bridgehead atoms. The molecule has 60 valence electrons. The Labute approximate surface area is 74.3 Å². The first kappa shape index (κ1) is 7.19. The predicted molar refractivity (Wildman–Crippen MR) is 50.2 cm³/mol. The second-order valence-corrected chi connectivity index (χ2v) is 3.70. The maximum atomic E-state index is 8.83. The van der Waals surface area contributed by atoms with Crippen LogP contribution in [0.1, 0.15) is 10.4 Å². The molecular formula is C8H7N3S. The number of nitrogens with zero attached hydrogens (tertiary/aromatic N) is 1. The van der Waals surface area contributed by atoms with Gasteiger partial charge in [0.05, 0.1) is 11.3 Å². The molecule has 0 saturated heterocycles. The van der Waals surface area contributed by atoms with Gasteiger partial charge in [0.25, 0.3) is 0 Å². The van der Waals surface area contributed by atoms with Crippen LogP contribution >= 0.6 is 11.3 Å². The molecule has 0 amide bonds. The highest BCUT2D eigenvalue weighted by Crippen LogP contribution is 2.38. The molecule has 3 nitrogen and oxygen atoms in total. The van der Waals surface area contributed by atoms with E-state index in [1.807, 2.05) is 13.1 Å². The van der Waals surface area contributed by atoms with E-state index in [-0.39, 0.29) is 0 Å². The predicted octanol–water partition coefficient (Wildman–Crippen LogP) is 2.24. The van der Waals surface area contributed by atoms with Gasteiger partial charge in [0.1, 0.15) is 11.1 Å². The number of nitrogens with one attached hydrogen (secondary N) is 2. The van der Waals surface area contributed by atoms with Gasteiger partial charge in [0.2, 0.25) is 0 Å². The van der Waals surface area contributed by atoms with Gasteiger partial charge in [0.15, 0.2) is 0 Å². The number of aryl methyl sites for hydroxylation is 1. The van der Waals surface area contributed by atoms with Crippen LogP contribution in [0.15, 0.2) is 12.4 Å². The highest BCUT2D eigenvalue weighted by atomic mass is 32.1. The number of thiophene rings is 1. The van der Waals surface area contributed by atoms with E-state index in [9.17, 15) is 0 Å². The maximum Gasteiger partial charge on any atom is 0.118 e. The Kier molecular flexibility index (Phi) is 1.52. The minimum Gasteiger partial charge on any atom is -0.357 e. The van der Waals surface area contributed by atoms with Crippen molar-refractivity contribution in [2.45, 2.75) is 6.92 Å². The quantitative estimate of drug-likeness (QED) is 0.639. The number of anilines is 2. The van der Waals surface area contributed by atoms with Gasteiger partial charge in [-0.1, -0.05) is 0 Å². The standard InChI is InChI=1S/C8H7N3S/c1-5-6(4-9)7-8(12-5)11-3-2-10-7/h2-3,10-11H,1H3. The molecule has 2 N–H and O–H groups in total. The fourth-order valence-electron chi connectivity index (χ4n) is 1.16. The van der Waals surface area contributed by atoms with Crippen molar-refractivity contribution in [2.75, 3.05) is 10.6 Å². The second-order valence-electron chi connectivity index (χ2n) is 2.47. The third-order valence-corrected chi connectivity index (χ3v) is 2.76. The summed E-state index contributed by atoms with van der Waals surface area (Å²) in [6.45, 7) is 1.95. The first-order valence-corrected chi connectivity index (χ1v) is 4.36. The van der Waals surface area contributed by atoms with Crippen molar-refractivity contribution in [2.24, 2.45) is 0 Å². The highest BCUT2D eigenvalue weighted by molar-refractivity contribution is 7.17. The Balaban J connectivity index is 2.59. The van der Waals surface area contributed by atoms with E-state index in [2.05, 4.69) is 16.7 Å². The lowest BCUT2D eigenvalue weighted by Gasteiger charge is -2.08. The van der Waals surface area contributed by atoms with Gasteiger partial charge < -0.3 is 10.6 Å². The molecule has 1 aliphatic heterocycles. The SMILES string of the molecule is Cc1sc2c(c1C#N)NC=CN2. The average molecular weight is 177 g/mol. The van der Waals surface area contributed by atoms with Gasteiger partial charge in [-0.2, -0.15) is 5.26 Å². The lowest BCUT2D eigenvalue weighted by molar-refractivity contribution is 1.44. The molecular weight excluding hydrogens is 170 g/mol. The summed E-state index contributed by atoms with van der Waals surface area (Å²) in [6.07, 6.45) is 3.61. The van der Waals surface area contributed by atoms with Gasteiger partial charge in [-0.05, 0) is 6.92 Å². The molecule has 0 radical (unpaired) electrons. The Bertz CT molecular complexity index is 384. The Morgan fingerprint density at radius 2 is 2.17 bits per heavy atom. The molecule has 0 atom stereocenters. The number of hydrogen-bond acceptors (Lipinski definition) is 4. The van der Waals surface area contributed by atoms with Crippen molar-refractivity contribution in [1.82, 2.24) is 0 Å². The highest BCUT2D eigenvalue weighted by Gasteiger charge is 2.15. The summed E-state index contributed by atoms with van der Waals surface area (Å²) in [6, 6.07) is 2.18. The van der Waals surface area contributed by atoms with Crippen molar-refractivity contribution in [3.05, 3.63) is 22.8 Å². The molecule has 0 spiro atoms. The van der Waals surface area contributed by atoms with Crippen LogP contribution in [0.3, 0.4) is 0 Å². The summed E-state index contributed by atoms with van der Waals surface area (Å²) in [5.74, 6) is 0. The van der Waals surface area contributed by atoms with Gasteiger partial charge in [0, 0.05) is 17.3 Å². The Morgan fingerprint density at radius 3 is 2.92 bits per heavy atom. The number of fused-ring (bicyclic) bond motifs is 1. The van der Waals surface area contributed by atoms with E-state index < -0.39 is 0 Å². The zero-order chi connectivity index (χ0) is 8.55. The van der Waals surface area contributed by atoms with Crippen molar-refractivity contribution in [3.8, 4) is 6.07 Å². The van der Waals surface area contributed by atoms with E-state index in [1.165, 1.54) is 0 Å². The Morgan fingerprint density at radius 1 is 1.42 bits per heavy atom. The third-order valence-electron chi connectivity index (χ3n) is 1.72. The molecule has 2 rings (SSSR count). The summed E-state index contributed by atoms with van der Waals surface area (Å²) in [4.78, 5) is 1.05. The third kappa shape index (κ3) is 0.874. The van der Waals surface area contributed by atoms with Crippen LogP contribution in [0.4, 0.5) is 10.7 Å². The van der Waals surface area contributed by atoms with Crippen LogP contribution < -0.4 is 10.6 Å². The van der Waals surface area contributed by atoms with Gasteiger partial charge >= 0.3 is 0 Å².